The molecule has 3 rings (SSSR count). The van der Waals surface area contributed by atoms with E-state index in [1.807, 2.05) is 0 Å². The van der Waals surface area contributed by atoms with Crippen molar-refractivity contribution in [3.05, 3.63) is 53.6 Å². The third-order valence-corrected chi connectivity index (χ3v) is 4.15. The highest BCUT2D eigenvalue weighted by Gasteiger charge is 2.22. The predicted octanol–water partition coefficient (Wildman–Crippen LogP) is 3.04. The van der Waals surface area contributed by atoms with Gasteiger partial charge in [0.1, 0.15) is 0 Å². The first-order valence-electron chi connectivity index (χ1n) is 7.82. The van der Waals surface area contributed by atoms with Crippen molar-refractivity contribution in [1.82, 2.24) is 0 Å². The number of nitrogens with one attached hydrogen (secondary N) is 2. The summed E-state index contributed by atoms with van der Waals surface area (Å²) >= 11 is 5.96. The number of rotatable bonds is 3. The van der Waals surface area contributed by atoms with Crippen molar-refractivity contribution in [2.75, 3.05) is 22.1 Å². The SMILES string of the molecule is O=C(Nc1cccc(N2CCCC2=O)c1)C(=O)Nc1ccccc1Cl. The van der Waals surface area contributed by atoms with Crippen LogP contribution in [0.4, 0.5) is 17.1 Å². The van der Waals surface area contributed by atoms with E-state index in [1.165, 1.54) is 0 Å². The number of amides is 3. The second-order valence-corrected chi connectivity index (χ2v) is 5.99. The van der Waals surface area contributed by atoms with Gasteiger partial charge >= 0.3 is 11.8 Å². The highest BCUT2D eigenvalue weighted by Crippen LogP contribution is 2.24. The fourth-order valence-corrected chi connectivity index (χ4v) is 2.79. The van der Waals surface area contributed by atoms with Crippen LogP contribution in [0.3, 0.4) is 0 Å². The number of hydrogen-bond donors (Lipinski definition) is 2. The van der Waals surface area contributed by atoms with Crippen LogP contribution in [0.25, 0.3) is 0 Å². The standard InChI is InChI=1S/C18H16ClN3O3/c19-14-7-1-2-8-15(14)21-18(25)17(24)20-12-5-3-6-13(11-12)22-10-4-9-16(22)23/h1-3,5-8,11H,4,9-10H2,(H,20,24)(H,21,25). The molecule has 0 spiro atoms. The molecule has 0 radical (unpaired) electrons. The Morgan fingerprint density at radius 3 is 2.48 bits per heavy atom. The van der Waals surface area contributed by atoms with Crippen molar-refractivity contribution in [3.8, 4) is 0 Å². The molecule has 6 nitrogen and oxygen atoms in total. The molecule has 0 atom stereocenters. The van der Waals surface area contributed by atoms with E-state index in [0.29, 0.717) is 35.1 Å². The first-order valence-corrected chi connectivity index (χ1v) is 8.20. The molecule has 25 heavy (non-hydrogen) atoms. The molecule has 0 bridgehead atoms. The summed E-state index contributed by atoms with van der Waals surface area (Å²) in [6, 6.07) is 13.5. The van der Waals surface area contributed by atoms with E-state index in [4.69, 9.17) is 11.6 Å². The van der Waals surface area contributed by atoms with Crippen molar-refractivity contribution >= 4 is 46.4 Å². The van der Waals surface area contributed by atoms with Crippen molar-refractivity contribution in [1.29, 1.82) is 0 Å². The lowest BCUT2D eigenvalue weighted by molar-refractivity contribution is -0.132. The van der Waals surface area contributed by atoms with Gasteiger partial charge in [-0.3, -0.25) is 14.4 Å². The van der Waals surface area contributed by atoms with E-state index in [-0.39, 0.29) is 5.91 Å². The maximum Gasteiger partial charge on any atom is 0.314 e. The number of nitrogens with zero attached hydrogens (tertiary/aromatic N) is 1. The molecule has 0 aliphatic carbocycles. The Labute approximate surface area is 149 Å². The summed E-state index contributed by atoms with van der Waals surface area (Å²) < 4.78 is 0. The van der Waals surface area contributed by atoms with Crippen molar-refractivity contribution in [2.24, 2.45) is 0 Å². The number of carbonyl (C=O) groups excluding carboxylic acids is 3. The third-order valence-electron chi connectivity index (χ3n) is 3.82. The smallest absolute Gasteiger partial charge is 0.314 e. The number of halogens is 1. The van der Waals surface area contributed by atoms with Crippen LogP contribution in [0, 0.1) is 0 Å². The zero-order valence-corrected chi connectivity index (χ0v) is 14.0. The fourth-order valence-electron chi connectivity index (χ4n) is 2.60. The minimum absolute atomic E-state index is 0.0555. The number of carbonyl (C=O) groups is 3. The third kappa shape index (κ3) is 3.97. The van der Waals surface area contributed by atoms with Crippen LogP contribution < -0.4 is 15.5 Å². The number of hydrogen-bond acceptors (Lipinski definition) is 3. The molecule has 3 amide bonds. The minimum atomic E-state index is -0.823. The van der Waals surface area contributed by atoms with E-state index < -0.39 is 11.8 Å². The summed E-state index contributed by atoms with van der Waals surface area (Å²) in [5, 5.41) is 5.33. The van der Waals surface area contributed by atoms with Crippen LogP contribution in [0.5, 0.6) is 0 Å². The molecule has 2 aromatic rings. The molecule has 1 aliphatic heterocycles. The lowest BCUT2D eigenvalue weighted by atomic mass is 10.2. The quantitative estimate of drug-likeness (QED) is 0.829. The summed E-state index contributed by atoms with van der Waals surface area (Å²) in [5.74, 6) is -1.58. The first-order chi connectivity index (χ1) is 12.0. The molecule has 7 heteroatoms. The number of anilines is 3. The molecule has 2 aromatic carbocycles. The van der Waals surface area contributed by atoms with Gasteiger partial charge in [-0.05, 0) is 36.8 Å². The van der Waals surface area contributed by atoms with Gasteiger partial charge in [0.25, 0.3) is 0 Å². The van der Waals surface area contributed by atoms with Gasteiger partial charge in [0, 0.05) is 24.3 Å². The van der Waals surface area contributed by atoms with Crippen molar-refractivity contribution < 1.29 is 14.4 Å². The molecule has 128 valence electrons. The molecule has 1 fully saturated rings. The normalized spacial score (nSPS) is 13.6. The molecular formula is C18H16ClN3O3. The van der Waals surface area contributed by atoms with Gasteiger partial charge in [0.15, 0.2) is 0 Å². The Balaban J connectivity index is 1.67. The van der Waals surface area contributed by atoms with Gasteiger partial charge < -0.3 is 15.5 Å². The molecule has 2 N–H and O–H groups in total. The molecule has 0 unspecified atom stereocenters. The Morgan fingerprint density at radius 2 is 1.76 bits per heavy atom. The Kier molecular flexibility index (Phi) is 5.00. The Hall–Kier alpha value is -2.86. The maximum absolute atomic E-state index is 12.1. The zero-order chi connectivity index (χ0) is 17.8. The largest absolute Gasteiger partial charge is 0.318 e. The monoisotopic (exact) mass is 357 g/mol. The molecule has 1 saturated heterocycles. The zero-order valence-electron chi connectivity index (χ0n) is 13.3. The van der Waals surface area contributed by atoms with Gasteiger partial charge in [-0.25, -0.2) is 0 Å². The van der Waals surface area contributed by atoms with E-state index in [1.54, 1.807) is 53.4 Å². The highest BCUT2D eigenvalue weighted by atomic mass is 35.5. The summed E-state index contributed by atoms with van der Waals surface area (Å²) in [5.41, 5.74) is 1.50. The van der Waals surface area contributed by atoms with Gasteiger partial charge in [0.2, 0.25) is 5.91 Å². The van der Waals surface area contributed by atoms with Gasteiger partial charge in [0.05, 0.1) is 10.7 Å². The lowest BCUT2D eigenvalue weighted by Gasteiger charge is -2.16. The van der Waals surface area contributed by atoms with E-state index in [2.05, 4.69) is 10.6 Å². The van der Waals surface area contributed by atoms with E-state index >= 15 is 0 Å². The lowest BCUT2D eigenvalue weighted by Crippen LogP contribution is -2.29. The second-order valence-electron chi connectivity index (χ2n) is 5.59. The second kappa shape index (κ2) is 7.36. The van der Waals surface area contributed by atoms with Gasteiger partial charge in [-0.1, -0.05) is 29.8 Å². The average Bonchev–Trinajstić information content (AvgIpc) is 3.03. The molecule has 0 saturated carbocycles. The van der Waals surface area contributed by atoms with Crippen LogP contribution in [0.1, 0.15) is 12.8 Å². The topological polar surface area (TPSA) is 78.5 Å². The molecule has 0 aromatic heterocycles. The summed E-state index contributed by atoms with van der Waals surface area (Å²) in [4.78, 5) is 37.6. The number of benzene rings is 2. The highest BCUT2D eigenvalue weighted by molar-refractivity contribution is 6.44. The molecular weight excluding hydrogens is 342 g/mol. The van der Waals surface area contributed by atoms with Crippen LogP contribution >= 0.6 is 11.6 Å². The van der Waals surface area contributed by atoms with Crippen LogP contribution in [-0.4, -0.2) is 24.3 Å². The summed E-state index contributed by atoms with van der Waals surface area (Å²) in [7, 11) is 0. The Bertz CT molecular complexity index is 838. The minimum Gasteiger partial charge on any atom is -0.318 e. The van der Waals surface area contributed by atoms with Crippen molar-refractivity contribution in [3.63, 3.8) is 0 Å². The van der Waals surface area contributed by atoms with Gasteiger partial charge in [-0.15, -0.1) is 0 Å². The van der Waals surface area contributed by atoms with E-state index in [9.17, 15) is 14.4 Å². The molecule has 1 heterocycles. The predicted molar refractivity (Wildman–Crippen MR) is 96.7 cm³/mol. The summed E-state index contributed by atoms with van der Waals surface area (Å²) in [6.45, 7) is 0.656. The summed E-state index contributed by atoms with van der Waals surface area (Å²) in [6.07, 6.45) is 1.34. The fraction of sp³-hybridized carbons (Fsp3) is 0.167. The van der Waals surface area contributed by atoms with Crippen LogP contribution in [0.2, 0.25) is 5.02 Å². The average molecular weight is 358 g/mol. The molecule has 1 aliphatic rings. The van der Waals surface area contributed by atoms with Gasteiger partial charge in [-0.2, -0.15) is 0 Å². The number of para-hydroxylation sites is 1. The van der Waals surface area contributed by atoms with Crippen molar-refractivity contribution in [2.45, 2.75) is 12.8 Å². The van der Waals surface area contributed by atoms with E-state index in [0.717, 1.165) is 6.42 Å². The maximum atomic E-state index is 12.1. The van der Waals surface area contributed by atoms with Crippen LogP contribution in [0.15, 0.2) is 48.5 Å². The first kappa shape index (κ1) is 17.0. The Morgan fingerprint density at radius 1 is 1.00 bits per heavy atom. The van der Waals surface area contributed by atoms with Crippen LogP contribution in [-0.2, 0) is 14.4 Å².